The van der Waals surface area contributed by atoms with E-state index in [4.69, 9.17) is 10.5 Å². The first-order valence-corrected chi connectivity index (χ1v) is 9.26. The number of nitrogens with zero attached hydrogens (tertiary/aromatic N) is 4. The van der Waals surface area contributed by atoms with Gasteiger partial charge in [0.2, 0.25) is 5.82 Å². The van der Waals surface area contributed by atoms with Gasteiger partial charge in [-0.2, -0.15) is 0 Å². The van der Waals surface area contributed by atoms with Crippen molar-refractivity contribution < 1.29 is 19.7 Å². The molecule has 0 saturated carbocycles. The molecule has 0 bridgehead atoms. The number of fused-ring (bicyclic) bond motifs is 1. The second-order valence-electron chi connectivity index (χ2n) is 6.48. The van der Waals surface area contributed by atoms with Crippen LogP contribution in [0.25, 0.3) is 11.2 Å². The van der Waals surface area contributed by atoms with Crippen LogP contribution in [0.5, 0.6) is 0 Å². The zero-order valence-corrected chi connectivity index (χ0v) is 15.8. The second kappa shape index (κ2) is 8.52. The highest BCUT2D eigenvalue weighted by atomic mass is 16.6. The van der Waals surface area contributed by atoms with Gasteiger partial charge in [0.15, 0.2) is 23.8 Å². The average molecular weight is 388 g/mol. The number of nitrogen functional groups attached to an aromatic ring is 1. The summed E-state index contributed by atoms with van der Waals surface area (Å²) in [6.07, 6.45) is -0.874. The minimum absolute atomic E-state index is 0.150. The monoisotopic (exact) mass is 388 g/mol. The summed E-state index contributed by atoms with van der Waals surface area (Å²) in [5.41, 5.74) is 6.60. The minimum atomic E-state index is -1.39. The summed E-state index contributed by atoms with van der Waals surface area (Å²) in [5, 5.41) is 23.2. The molecule has 1 amide bonds. The quantitative estimate of drug-likeness (QED) is 0.403. The molecule has 0 radical (unpaired) electrons. The SMILES string of the molecule is CCCCC#Cc1nc(N)c2ncn([C@@H]3O[C@H](C(=O)NCC)C(O)C3O)c2n1. The van der Waals surface area contributed by atoms with E-state index in [-0.39, 0.29) is 11.6 Å². The van der Waals surface area contributed by atoms with Crippen molar-refractivity contribution in [1.82, 2.24) is 24.8 Å². The van der Waals surface area contributed by atoms with E-state index in [1.807, 2.05) is 0 Å². The number of likely N-dealkylation sites (N-methyl/N-ethyl adjacent to an activating group) is 1. The Morgan fingerprint density at radius 1 is 1.36 bits per heavy atom. The molecule has 1 aliphatic rings. The number of unbranched alkanes of at least 4 members (excludes halogenated alkanes) is 2. The van der Waals surface area contributed by atoms with Crippen molar-refractivity contribution >= 4 is 22.9 Å². The van der Waals surface area contributed by atoms with Gasteiger partial charge in [-0.1, -0.05) is 19.3 Å². The topological polar surface area (TPSA) is 148 Å². The molecule has 10 heteroatoms. The number of anilines is 1. The molecule has 150 valence electrons. The largest absolute Gasteiger partial charge is 0.387 e. The highest BCUT2D eigenvalue weighted by Crippen LogP contribution is 2.32. The van der Waals surface area contributed by atoms with Crippen LogP contribution in [-0.4, -0.2) is 60.5 Å². The molecule has 0 aromatic carbocycles. The number of nitrogens with one attached hydrogen (secondary N) is 1. The average Bonchev–Trinajstić information content (AvgIpc) is 3.21. The predicted molar refractivity (Wildman–Crippen MR) is 101 cm³/mol. The third-order valence-electron chi connectivity index (χ3n) is 4.43. The van der Waals surface area contributed by atoms with Gasteiger partial charge in [-0.05, 0) is 19.3 Å². The molecule has 1 saturated heterocycles. The number of amides is 1. The number of rotatable bonds is 5. The first-order chi connectivity index (χ1) is 13.5. The van der Waals surface area contributed by atoms with E-state index in [1.54, 1.807) is 6.92 Å². The Morgan fingerprint density at radius 2 is 2.14 bits per heavy atom. The third kappa shape index (κ3) is 3.77. The van der Waals surface area contributed by atoms with Crippen molar-refractivity contribution in [3.63, 3.8) is 0 Å². The van der Waals surface area contributed by atoms with Crippen molar-refractivity contribution in [2.75, 3.05) is 12.3 Å². The van der Waals surface area contributed by atoms with Crippen LogP contribution in [0.15, 0.2) is 6.33 Å². The maximum Gasteiger partial charge on any atom is 0.252 e. The van der Waals surface area contributed by atoms with Crippen LogP contribution in [0.3, 0.4) is 0 Å². The van der Waals surface area contributed by atoms with E-state index in [2.05, 4.69) is 39.0 Å². The number of hydrogen-bond donors (Lipinski definition) is 4. The smallest absolute Gasteiger partial charge is 0.252 e. The van der Waals surface area contributed by atoms with Gasteiger partial charge in [0, 0.05) is 13.0 Å². The molecular formula is C18H24N6O4. The van der Waals surface area contributed by atoms with Crippen LogP contribution in [0, 0.1) is 11.8 Å². The Labute approximate surface area is 162 Å². The molecule has 3 heterocycles. The summed E-state index contributed by atoms with van der Waals surface area (Å²) in [7, 11) is 0. The number of aliphatic hydroxyl groups is 2. The highest BCUT2D eigenvalue weighted by molar-refractivity contribution is 5.83. The van der Waals surface area contributed by atoms with Crippen LogP contribution < -0.4 is 11.1 Å². The van der Waals surface area contributed by atoms with Crippen molar-refractivity contribution in [1.29, 1.82) is 0 Å². The number of ether oxygens (including phenoxy) is 1. The first-order valence-electron chi connectivity index (χ1n) is 9.26. The molecular weight excluding hydrogens is 364 g/mol. The Morgan fingerprint density at radius 3 is 2.86 bits per heavy atom. The van der Waals surface area contributed by atoms with Gasteiger partial charge in [0.1, 0.15) is 17.7 Å². The molecule has 28 heavy (non-hydrogen) atoms. The Hall–Kier alpha value is -2.74. The van der Waals surface area contributed by atoms with Crippen LogP contribution >= 0.6 is 0 Å². The van der Waals surface area contributed by atoms with Gasteiger partial charge >= 0.3 is 0 Å². The molecule has 1 aliphatic heterocycles. The first kappa shape index (κ1) is 20.0. The number of nitrogens with two attached hydrogens (primary N) is 1. The molecule has 2 aromatic rings. The lowest BCUT2D eigenvalue weighted by Crippen LogP contribution is -2.42. The van der Waals surface area contributed by atoms with Crippen molar-refractivity contribution in [3.8, 4) is 11.8 Å². The summed E-state index contributed by atoms with van der Waals surface area (Å²) >= 11 is 0. The highest BCUT2D eigenvalue weighted by Gasteiger charge is 2.47. The number of carbonyl (C=O) groups is 1. The molecule has 3 rings (SSSR count). The number of aromatic nitrogens is 4. The maximum absolute atomic E-state index is 12.1. The lowest BCUT2D eigenvalue weighted by molar-refractivity contribution is -0.137. The van der Waals surface area contributed by atoms with Gasteiger partial charge in [-0.3, -0.25) is 9.36 Å². The normalized spacial score (nSPS) is 24.1. The molecule has 0 aliphatic carbocycles. The lowest BCUT2D eigenvalue weighted by Gasteiger charge is -2.16. The van der Waals surface area contributed by atoms with Gasteiger partial charge in [-0.25, -0.2) is 15.0 Å². The maximum atomic E-state index is 12.1. The van der Waals surface area contributed by atoms with Crippen molar-refractivity contribution in [3.05, 3.63) is 12.2 Å². The van der Waals surface area contributed by atoms with Crippen LogP contribution in [0.1, 0.15) is 45.2 Å². The zero-order chi connectivity index (χ0) is 20.3. The van der Waals surface area contributed by atoms with Crippen LogP contribution in [-0.2, 0) is 9.53 Å². The molecule has 5 N–H and O–H groups in total. The van der Waals surface area contributed by atoms with Gasteiger partial charge in [0.05, 0.1) is 6.33 Å². The number of hydrogen-bond acceptors (Lipinski definition) is 8. The van der Waals surface area contributed by atoms with E-state index in [0.717, 1.165) is 19.3 Å². The molecule has 10 nitrogen and oxygen atoms in total. The van der Waals surface area contributed by atoms with E-state index in [9.17, 15) is 15.0 Å². The fourth-order valence-corrected chi connectivity index (χ4v) is 2.97. The molecule has 0 spiro atoms. The summed E-state index contributed by atoms with van der Waals surface area (Å²) in [6.45, 7) is 4.21. The lowest BCUT2D eigenvalue weighted by atomic mass is 10.1. The fraction of sp³-hybridized carbons (Fsp3) is 0.556. The van der Waals surface area contributed by atoms with Crippen LogP contribution in [0.2, 0.25) is 0 Å². The fourth-order valence-electron chi connectivity index (χ4n) is 2.97. The Bertz CT molecular complexity index is 918. The van der Waals surface area contributed by atoms with Crippen molar-refractivity contribution in [2.24, 2.45) is 0 Å². The molecule has 4 atom stereocenters. The minimum Gasteiger partial charge on any atom is -0.387 e. The summed E-state index contributed by atoms with van der Waals surface area (Å²) in [4.78, 5) is 24.7. The predicted octanol–water partition coefficient (Wildman–Crippen LogP) is -0.294. The molecule has 2 aromatic heterocycles. The standard InChI is InChI=1S/C18H24N6O4/c1-3-5-6-7-8-10-22-15(19)11-16(23-10)24(9-21-11)18-13(26)12(25)14(28-18)17(27)20-4-2/h9,12-14,18,25-26H,3-6H2,1-2H3,(H,20,27)(H2,19,22,23)/t12?,13?,14-,18+/m0/s1. The summed E-state index contributed by atoms with van der Waals surface area (Å²) in [6, 6.07) is 0. The van der Waals surface area contributed by atoms with Gasteiger partial charge < -0.3 is 26.0 Å². The van der Waals surface area contributed by atoms with Gasteiger partial charge in [0.25, 0.3) is 5.91 Å². The van der Waals surface area contributed by atoms with Gasteiger partial charge in [-0.15, -0.1) is 0 Å². The summed E-state index contributed by atoms with van der Waals surface area (Å²) < 4.78 is 7.05. The Balaban J connectivity index is 1.93. The zero-order valence-electron chi connectivity index (χ0n) is 15.8. The number of imidazole rings is 1. The number of carbonyl (C=O) groups excluding carboxylic acids is 1. The van der Waals surface area contributed by atoms with E-state index in [1.165, 1.54) is 10.9 Å². The third-order valence-corrected chi connectivity index (χ3v) is 4.43. The molecule has 2 unspecified atom stereocenters. The number of aliphatic hydroxyl groups excluding tert-OH is 2. The van der Waals surface area contributed by atoms with E-state index >= 15 is 0 Å². The Kier molecular flexibility index (Phi) is 6.08. The summed E-state index contributed by atoms with van der Waals surface area (Å²) in [5.74, 6) is 5.75. The second-order valence-corrected chi connectivity index (χ2v) is 6.48. The van der Waals surface area contributed by atoms with Crippen molar-refractivity contribution in [2.45, 2.75) is 57.6 Å². The van der Waals surface area contributed by atoms with Crippen LogP contribution in [0.4, 0.5) is 5.82 Å². The van der Waals surface area contributed by atoms with E-state index in [0.29, 0.717) is 17.7 Å². The van der Waals surface area contributed by atoms with E-state index < -0.39 is 30.4 Å². The molecule has 1 fully saturated rings.